The van der Waals surface area contributed by atoms with Crippen molar-refractivity contribution in [3.8, 4) is 0 Å². The molecule has 4 nitrogen and oxygen atoms in total. The van der Waals surface area contributed by atoms with Gasteiger partial charge >= 0.3 is 0 Å². The van der Waals surface area contributed by atoms with E-state index in [1.165, 1.54) is 0 Å². The molecule has 1 fully saturated rings. The van der Waals surface area contributed by atoms with E-state index in [0.29, 0.717) is 35.1 Å². The van der Waals surface area contributed by atoms with Crippen molar-refractivity contribution in [2.75, 3.05) is 19.6 Å². The molecule has 19 heavy (non-hydrogen) atoms. The van der Waals surface area contributed by atoms with Gasteiger partial charge in [-0.2, -0.15) is 4.31 Å². The molecular weight excluding hydrogens is 307 g/mol. The number of hydrogen-bond donors (Lipinski definition) is 1. The molecule has 2 rings (SSSR count). The Morgan fingerprint density at radius 3 is 2.68 bits per heavy atom. The van der Waals surface area contributed by atoms with Crippen LogP contribution in [0, 0.1) is 6.92 Å². The van der Waals surface area contributed by atoms with Crippen LogP contribution in [0.25, 0.3) is 0 Å². The summed E-state index contributed by atoms with van der Waals surface area (Å²) in [6, 6.07) is 4.86. The van der Waals surface area contributed by atoms with Crippen LogP contribution in [-0.4, -0.2) is 38.4 Å². The van der Waals surface area contributed by atoms with Gasteiger partial charge in [0, 0.05) is 30.7 Å². The summed E-state index contributed by atoms with van der Waals surface area (Å²) in [5, 5.41) is 3.74. The van der Waals surface area contributed by atoms with Crippen LogP contribution >= 0.6 is 24.0 Å². The summed E-state index contributed by atoms with van der Waals surface area (Å²) in [6.45, 7) is 5.56. The van der Waals surface area contributed by atoms with Crippen molar-refractivity contribution in [3.63, 3.8) is 0 Å². The highest BCUT2D eigenvalue weighted by molar-refractivity contribution is 7.89. The van der Waals surface area contributed by atoms with E-state index in [-0.39, 0.29) is 18.4 Å². The first-order valence-electron chi connectivity index (χ1n) is 5.91. The van der Waals surface area contributed by atoms with E-state index in [4.69, 9.17) is 11.6 Å². The highest BCUT2D eigenvalue weighted by Crippen LogP contribution is 2.24. The molecule has 0 amide bonds. The molecule has 7 heteroatoms. The molecule has 1 N–H and O–H groups in total. The van der Waals surface area contributed by atoms with Crippen LogP contribution in [0.2, 0.25) is 5.02 Å². The molecule has 108 valence electrons. The Bertz CT molecular complexity index is 549. The minimum atomic E-state index is -3.42. The number of rotatable bonds is 2. The van der Waals surface area contributed by atoms with E-state index < -0.39 is 10.0 Å². The van der Waals surface area contributed by atoms with Crippen molar-refractivity contribution < 1.29 is 8.42 Å². The smallest absolute Gasteiger partial charge is 0.243 e. The highest BCUT2D eigenvalue weighted by Gasteiger charge is 2.31. The van der Waals surface area contributed by atoms with Crippen LogP contribution in [0.5, 0.6) is 0 Å². The van der Waals surface area contributed by atoms with Gasteiger partial charge in [0.05, 0.1) is 4.90 Å². The van der Waals surface area contributed by atoms with Crippen molar-refractivity contribution in [1.29, 1.82) is 0 Å². The van der Waals surface area contributed by atoms with Gasteiger partial charge in [0.25, 0.3) is 0 Å². The van der Waals surface area contributed by atoms with Gasteiger partial charge in [-0.3, -0.25) is 0 Å². The first kappa shape index (κ1) is 16.7. The lowest BCUT2D eigenvalue weighted by Gasteiger charge is -2.33. The van der Waals surface area contributed by atoms with Crippen LogP contribution in [0.4, 0.5) is 0 Å². The standard InChI is InChI=1S/C12H17ClN2O2S.ClH/c1-9-7-11(13)3-4-12(9)18(16,17)15-6-5-14-8-10(15)2;/h3-4,7,10,14H,5-6,8H2,1-2H3;1H/t10-;/m1./s1. The molecule has 0 spiro atoms. The molecule has 0 saturated carbocycles. The lowest BCUT2D eigenvalue weighted by atomic mass is 10.2. The second-order valence-electron chi connectivity index (χ2n) is 4.58. The van der Waals surface area contributed by atoms with Crippen LogP contribution in [0.3, 0.4) is 0 Å². The first-order chi connectivity index (χ1) is 8.43. The zero-order chi connectivity index (χ0) is 13.3. The lowest BCUT2D eigenvalue weighted by molar-refractivity contribution is 0.283. The van der Waals surface area contributed by atoms with Crippen LogP contribution < -0.4 is 5.32 Å². The summed E-state index contributed by atoms with van der Waals surface area (Å²) in [4.78, 5) is 0.348. The van der Waals surface area contributed by atoms with Gasteiger partial charge in [-0.25, -0.2) is 8.42 Å². The minimum Gasteiger partial charge on any atom is -0.314 e. The third kappa shape index (κ3) is 3.41. The van der Waals surface area contributed by atoms with E-state index >= 15 is 0 Å². The Morgan fingerprint density at radius 2 is 2.11 bits per heavy atom. The Morgan fingerprint density at radius 1 is 1.42 bits per heavy atom. The maximum absolute atomic E-state index is 12.6. The predicted molar refractivity (Wildman–Crippen MR) is 79.7 cm³/mol. The number of aryl methyl sites for hydroxylation is 1. The molecule has 1 aromatic carbocycles. The van der Waals surface area contributed by atoms with Crippen molar-refractivity contribution in [1.82, 2.24) is 9.62 Å². The predicted octanol–water partition coefficient (Wildman–Crippen LogP) is 2.05. The van der Waals surface area contributed by atoms with Gasteiger partial charge < -0.3 is 5.32 Å². The molecule has 0 aliphatic carbocycles. The van der Waals surface area contributed by atoms with E-state index in [9.17, 15) is 8.42 Å². The second-order valence-corrected chi connectivity index (χ2v) is 6.87. The summed E-state index contributed by atoms with van der Waals surface area (Å²) in [5.41, 5.74) is 0.688. The van der Waals surface area contributed by atoms with Gasteiger partial charge in [0.1, 0.15) is 0 Å². The van der Waals surface area contributed by atoms with Crippen molar-refractivity contribution in [2.45, 2.75) is 24.8 Å². The average Bonchev–Trinajstić information content (AvgIpc) is 2.28. The molecule has 0 radical (unpaired) electrons. The Balaban J connectivity index is 0.00000180. The second kappa shape index (κ2) is 6.41. The molecule has 0 unspecified atom stereocenters. The number of benzene rings is 1. The van der Waals surface area contributed by atoms with Crippen LogP contribution in [-0.2, 0) is 10.0 Å². The van der Waals surface area contributed by atoms with E-state index in [0.717, 1.165) is 0 Å². The highest BCUT2D eigenvalue weighted by atomic mass is 35.5. The fourth-order valence-electron chi connectivity index (χ4n) is 2.21. The first-order valence-corrected chi connectivity index (χ1v) is 7.73. The van der Waals surface area contributed by atoms with E-state index in [1.54, 1.807) is 29.4 Å². The quantitative estimate of drug-likeness (QED) is 0.905. The molecule has 1 saturated heterocycles. The number of nitrogens with one attached hydrogen (secondary N) is 1. The molecule has 1 aromatic rings. The number of hydrogen-bond acceptors (Lipinski definition) is 3. The topological polar surface area (TPSA) is 49.4 Å². The normalized spacial score (nSPS) is 20.9. The fraction of sp³-hybridized carbons (Fsp3) is 0.500. The molecule has 1 atom stereocenters. The summed E-state index contributed by atoms with van der Waals surface area (Å²) in [5.74, 6) is 0. The molecular formula is C12H18Cl2N2O2S. The maximum atomic E-state index is 12.6. The molecule has 0 bridgehead atoms. The van der Waals surface area contributed by atoms with Gasteiger partial charge in [-0.05, 0) is 37.6 Å². The van der Waals surface area contributed by atoms with Crippen LogP contribution in [0.15, 0.2) is 23.1 Å². The maximum Gasteiger partial charge on any atom is 0.243 e. The third-order valence-corrected chi connectivity index (χ3v) is 5.57. The van der Waals surface area contributed by atoms with Gasteiger partial charge in [0.2, 0.25) is 10.0 Å². The summed E-state index contributed by atoms with van der Waals surface area (Å²) < 4.78 is 26.7. The zero-order valence-electron chi connectivity index (χ0n) is 10.9. The summed E-state index contributed by atoms with van der Waals surface area (Å²) in [7, 11) is -3.42. The van der Waals surface area contributed by atoms with Crippen molar-refractivity contribution in [2.24, 2.45) is 0 Å². The molecule has 0 aromatic heterocycles. The summed E-state index contributed by atoms with van der Waals surface area (Å²) in [6.07, 6.45) is 0. The average molecular weight is 325 g/mol. The fourth-order valence-corrected chi connectivity index (χ4v) is 4.27. The Labute approximate surface area is 125 Å². The monoisotopic (exact) mass is 324 g/mol. The van der Waals surface area contributed by atoms with Gasteiger partial charge in [0.15, 0.2) is 0 Å². The van der Waals surface area contributed by atoms with Crippen LogP contribution in [0.1, 0.15) is 12.5 Å². The number of nitrogens with zero attached hydrogens (tertiary/aromatic N) is 1. The SMILES string of the molecule is Cc1cc(Cl)ccc1S(=O)(=O)N1CCNC[C@H]1C.Cl. The van der Waals surface area contributed by atoms with Crippen molar-refractivity contribution >= 4 is 34.0 Å². The number of sulfonamides is 1. The lowest BCUT2D eigenvalue weighted by Crippen LogP contribution is -2.52. The van der Waals surface area contributed by atoms with E-state index in [1.807, 2.05) is 6.92 Å². The Kier molecular flexibility index (Phi) is 5.65. The minimum absolute atomic E-state index is 0. The van der Waals surface area contributed by atoms with Gasteiger partial charge in [-0.1, -0.05) is 11.6 Å². The number of piperazine rings is 1. The Hall–Kier alpha value is -0.330. The molecule has 1 aliphatic rings. The van der Waals surface area contributed by atoms with Gasteiger partial charge in [-0.15, -0.1) is 12.4 Å². The molecule has 1 aliphatic heterocycles. The molecule has 1 heterocycles. The zero-order valence-corrected chi connectivity index (χ0v) is 13.3. The number of halogens is 2. The van der Waals surface area contributed by atoms with E-state index in [2.05, 4.69) is 5.32 Å². The summed E-state index contributed by atoms with van der Waals surface area (Å²) >= 11 is 5.86. The largest absolute Gasteiger partial charge is 0.314 e. The van der Waals surface area contributed by atoms with Crippen molar-refractivity contribution in [3.05, 3.63) is 28.8 Å². The third-order valence-electron chi connectivity index (χ3n) is 3.16.